The summed E-state index contributed by atoms with van der Waals surface area (Å²) in [5.41, 5.74) is 2.55. The first-order chi connectivity index (χ1) is 15.0. The van der Waals surface area contributed by atoms with E-state index in [-0.39, 0.29) is 34.7 Å². The van der Waals surface area contributed by atoms with Crippen LogP contribution in [0.15, 0.2) is 48.5 Å². The number of aromatic nitrogens is 2. The second-order valence-electron chi connectivity index (χ2n) is 8.83. The van der Waals surface area contributed by atoms with Crippen molar-refractivity contribution in [2.75, 3.05) is 0 Å². The summed E-state index contributed by atoms with van der Waals surface area (Å²) in [6.07, 6.45) is 0.331. The lowest BCUT2D eigenvalue weighted by Crippen LogP contribution is -2.13. The minimum absolute atomic E-state index is 0.0727. The van der Waals surface area contributed by atoms with Gasteiger partial charge in [-0.05, 0) is 48.7 Å². The molecule has 7 heteroatoms. The number of phenolic OH excluding ortho intramolecular Hbond substituents is 1. The lowest BCUT2D eigenvalue weighted by Gasteiger charge is -2.18. The van der Waals surface area contributed by atoms with Crippen LogP contribution in [-0.4, -0.2) is 32.2 Å². The lowest BCUT2D eigenvalue weighted by molar-refractivity contribution is 0.0696. The van der Waals surface area contributed by atoms with E-state index in [1.165, 1.54) is 12.1 Å². The lowest BCUT2D eigenvalue weighted by atomic mass is 9.87. The number of nitrogens with zero attached hydrogens (tertiary/aromatic N) is 2. The van der Waals surface area contributed by atoms with Crippen LogP contribution in [0.4, 0.5) is 0 Å². The van der Waals surface area contributed by atoms with Crippen LogP contribution in [0.1, 0.15) is 59.2 Å². The number of aromatic carboxylic acids is 1. The van der Waals surface area contributed by atoms with Crippen LogP contribution in [-0.2, 0) is 6.61 Å². The van der Waals surface area contributed by atoms with E-state index in [0.717, 1.165) is 0 Å². The number of carboxylic acids is 1. The number of hydrogen-bond acceptors (Lipinski definition) is 6. The Morgan fingerprint density at radius 3 is 2.41 bits per heavy atom. The average Bonchev–Trinajstić information content (AvgIpc) is 2.74. The molecule has 0 amide bonds. The van der Waals surface area contributed by atoms with Crippen molar-refractivity contribution in [3.8, 4) is 22.8 Å². The molecule has 0 bridgehead atoms. The smallest absolute Gasteiger partial charge is 0.335 e. The van der Waals surface area contributed by atoms with Crippen LogP contribution in [0.2, 0.25) is 0 Å². The number of aromatic hydroxyl groups is 1. The first-order valence-electron chi connectivity index (χ1n) is 10.2. The van der Waals surface area contributed by atoms with Gasteiger partial charge in [0.15, 0.2) is 5.78 Å². The molecule has 166 valence electrons. The van der Waals surface area contributed by atoms with Gasteiger partial charge in [0.1, 0.15) is 23.8 Å². The zero-order valence-electron chi connectivity index (χ0n) is 18.5. The summed E-state index contributed by atoms with van der Waals surface area (Å²) in [6.45, 7) is 7.74. The molecule has 1 aromatic heterocycles. The fraction of sp³-hybridized carbons (Fsp3) is 0.280. The maximum absolute atomic E-state index is 12.5. The van der Waals surface area contributed by atoms with Crippen molar-refractivity contribution in [2.24, 2.45) is 5.41 Å². The second-order valence-corrected chi connectivity index (χ2v) is 8.83. The Hall–Kier alpha value is -3.74. The monoisotopic (exact) mass is 434 g/mol. The maximum Gasteiger partial charge on any atom is 0.335 e. The van der Waals surface area contributed by atoms with Crippen LogP contribution in [0.5, 0.6) is 11.5 Å². The van der Waals surface area contributed by atoms with E-state index in [1.807, 2.05) is 20.8 Å². The van der Waals surface area contributed by atoms with Gasteiger partial charge >= 0.3 is 5.97 Å². The van der Waals surface area contributed by atoms with Gasteiger partial charge in [0, 0.05) is 17.5 Å². The number of ketones is 1. The molecule has 0 saturated heterocycles. The molecule has 0 fully saturated rings. The molecule has 7 nitrogen and oxygen atoms in total. The number of carbonyl (C=O) groups is 2. The van der Waals surface area contributed by atoms with Gasteiger partial charge < -0.3 is 14.9 Å². The molecule has 0 aliphatic heterocycles. The second kappa shape index (κ2) is 9.18. The summed E-state index contributed by atoms with van der Waals surface area (Å²) in [7, 11) is 0. The van der Waals surface area contributed by atoms with Gasteiger partial charge in [-0.25, -0.2) is 4.79 Å². The number of rotatable bonds is 7. The Morgan fingerprint density at radius 1 is 1.03 bits per heavy atom. The summed E-state index contributed by atoms with van der Waals surface area (Å²) < 4.78 is 5.78. The number of carboxylic acid groups (broad SMARTS) is 1. The van der Waals surface area contributed by atoms with Crippen molar-refractivity contribution >= 4 is 11.8 Å². The largest absolute Gasteiger partial charge is 0.507 e. The Bertz CT molecular complexity index is 1150. The van der Waals surface area contributed by atoms with E-state index >= 15 is 0 Å². The highest BCUT2D eigenvalue weighted by molar-refractivity contribution is 5.99. The molecule has 0 unspecified atom stereocenters. The van der Waals surface area contributed by atoms with Crippen molar-refractivity contribution in [1.82, 2.24) is 10.2 Å². The molecule has 2 N–H and O–H groups in total. The van der Waals surface area contributed by atoms with Crippen molar-refractivity contribution in [2.45, 2.75) is 40.7 Å². The highest BCUT2D eigenvalue weighted by Crippen LogP contribution is 2.33. The quantitative estimate of drug-likeness (QED) is 0.501. The molecule has 0 aliphatic rings. The highest BCUT2D eigenvalue weighted by atomic mass is 16.5. The Kier molecular flexibility index (Phi) is 6.58. The van der Waals surface area contributed by atoms with E-state index in [4.69, 9.17) is 9.84 Å². The fourth-order valence-corrected chi connectivity index (χ4v) is 3.19. The number of ether oxygens (including phenoxy) is 1. The number of carbonyl (C=O) groups excluding carboxylic acids is 1. The molecule has 1 heterocycles. The Labute approximate surface area is 186 Å². The third-order valence-electron chi connectivity index (χ3n) is 4.87. The van der Waals surface area contributed by atoms with Crippen LogP contribution >= 0.6 is 0 Å². The molecule has 0 aliphatic carbocycles. The minimum atomic E-state index is -1.01. The summed E-state index contributed by atoms with van der Waals surface area (Å²) in [5, 5.41) is 27.9. The molecule has 2 aromatic carbocycles. The Morgan fingerprint density at radius 2 is 1.78 bits per heavy atom. The standard InChI is InChI=1S/C25H26N2O5/c1-15-22(11-9-19(23(15)29)21(28)13-25(2,3)4)32-14-18-8-10-20(27-26-18)16-6-5-7-17(12-16)24(30)31/h5-12,29H,13-14H2,1-4H3,(H,30,31). The van der Waals surface area contributed by atoms with Gasteiger partial charge in [-0.15, -0.1) is 0 Å². The first-order valence-corrected chi connectivity index (χ1v) is 10.2. The maximum atomic E-state index is 12.5. The molecule has 0 atom stereocenters. The third kappa shape index (κ3) is 5.49. The van der Waals surface area contributed by atoms with Crippen LogP contribution in [0.25, 0.3) is 11.3 Å². The number of benzene rings is 2. The van der Waals surface area contributed by atoms with Gasteiger partial charge in [0.25, 0.3) is 0 Å². The molecule has 0 saturated carbocycles. The molecule has 32 heavy (non-hydrogen) atoms. The molecule has 0 spiro atoms. The third-order valence-corrected chi connectivity index (χ3v) is 4.87. The van der Waals surface area contributed by atoms with Crippen molar-refractivity contribution < 1.29 is 24.5 Å². The summed E-state index contributed by atoms with van der Waals surface area (Å²) in [4.78, 5) is 23.6. The fourth-order valence-electron chi connectivity index (χ4n) is 3.19. The van der Waals surface area contributed by atoms with Gasteiger partial charge in [-0.3, -0.25) is 4.79 Å². The number of Topliss-reactive ketones (excluding diaryl/α,β-unsaturated/α-hetero) is 1. The average molecular weight is 434 g/mol. The summed E-state index contributed by atoms with van der Waals surface area (Å²) in [6, 6.07) is 13.2. The molecule has 0 radical (unpaired) electrons. The molecule has 3 aromatic rings. The van der Waals surface area contributed by atoms with Crippen LogP contribution in [0.3, 0.4) is 0 Å². The zero-order chi connectivity index (χ0) is 23.5. The predicted molar refractivity (Wildman–Crippen MR) is 120 cm³/mol. The first kappa shape index (κ1) is 22.9. The zero-order valence-corrected chi connectivity index (χ0v) is 18.5. The normalized spacial score (nSPS) is 11.2. The highest BCUT2D eigenvalue weighted by Gasteiger charge is 2.21. The van der Waals surface area contributed by atoms with E-state index in [0.29, 0.717) is 34.7 Å². The summed E-state index contributed by atoms with van der Waals surface area (Å²) in [5.74, 6) is -0.737. The Balaban J connectivity index is 1.70. The van der Waals surface area contributed by atoms with Crippen molar-refractivity contribution in [3.63, 3.8) is 0 Å². The summed E-state index contributed by atoms with van der Waals surface area (Å²) >= 11 is 0. The SMILES string of the molecule is Cc1c(OCc2ccc(-c3cccc(C(=O)O)c3)nn2)ccc(C(=O)CC(C)(C)C)c1O. The van der Waals surface area contributed by atoms with Crippen molar-refractivity contribution in [3.05, 3.63) is 70.9 Å². The van der Waals surface area contributed by atoms with E-state index in [9.17, 15) is 14.7 Å². The van der Waals surface area contributed by atoms with Gasteiger partial charge in [0.05, 0.1) is 16.8 Å². The topological polar surface area (TPSA) is 110 Å². The van der Waals surface area contributed by atoms with Gasteiger partial charge in [-0.2, -0.15) is 10.2 Å². The molecule has 3 rings (SSSR count). The van der Waals surface area contributed by atoms with Crippen LogP contribution < -0.4 is 4.74 Å². The van der Waals surface area contributed by atoms with Crippen LogP contribution in [0, 0.1) is 12.3 Å². The molecular weight excluding hydrogens is 408 g/mol. The predicted octanol–water partition coefficient (Wildman–Crippen LogP) is 5.05. The van der Waals surface area contributed by atoms with Crippen molar-refractivity contribution in [1.29, 1.82) is 0 Å². The van der Waals surface area contributed by atoms with E-state index < -0.39 is 5.97 Å². The number of hydrogen-bond donors (Lipinski definition) is 2. The number of phenols is 1. The van der Waals surface area contributed by atoms with Gasteiger partial charge in [0.2, 0.25) is 0 Å². The van der Waals surface area contributed by atoms with Gasteiger partial charge in [-0.1, -0.05) is 32.9 Å². The molecular formula is C25H26N2O5. The van der Waals surface area contributed by atoms with E-state index in [1.54, 1.807) is 43.3 Å². The minimum Gasteiger partial charge on any atom is -0.507 e. The van der Waals surface area contributed by atoms with E-state index in [2.05, 4.69) is 10.2 Å².